The molecule has 3 rings (SSSR count). The molecule has 0 amide bonds. The number of rotatable bonds is 5. The molecule has 2 aromatic heterocycles. The van der Waals surface area contributed by atoms with Crippen molar-refractivity contribution in [3.8, 4) is 11.3 Å². The Labute approximate surface area is 122 Å². The van der Waals surface area contributed by atoms with Crippen LogP contribution in [0.2, 0.25) is 0 Å². The van der Waals surface area contributed by atoms with Gasteiger partial charge in [0.05, 0.1) is 0 Å². The van der Waals surface area contributed by atoms with Gasteiger partial charge in [0.2, 0.25) is 0 Å². The van der Waals surface area contributed by atoms with Gasteiger partial charge in [-0.3, -0.25) is 4.98 Å². The standard InChI is InChI=1S/C17H17FN2O/c1-2-6-19-9-12-7-14(11-20-10-12)16-8-13-4-3-5-15(18)17(13)21-16/h3-5,7-8,10-11,19H,2,6,9H2,1H3. The zero-order chi connectivity index (χ0) is 14.7. The molecule has 0 saturated heterocycles. The number of nitrogens with one attached hydrogen (secondary N) is 1. The van der Waals surface area contributed by atoms with Crippen molar-refractivity contribution in [2.45, 2.75) is 19.9 Å². The van der Waals surface area contributed by atoms with E-state index >= 15 is 0 Å². The molecule has 0 aliphatic rings. The van der Waals surface area contributed by atoms with Gasteiger partial charge in [0.15, 0.2) is 11.4 Å². The van der Waals surface area contributed by atoms with E-state index in [0.29, 0.717) is 11.3 Å². The first-order chi connectivity index (χ1) is 10.3. The van der Waals surface area contributed by atoms with E-state index in [0.717, 1.165) is 36.0 Å². The summed E-state index contributed by atoms with van der Waals surface area (Å²) in [4.78, 5) is 4.24. The second-order valence-electron chi connectivity index (χ2n) is 5.03. The van der Waals surface area contributed by atoms with Crippen molar-refractivity contribution in [2.75, 3.05) is 6.54 Å². The smallest absolute Gasteiger partial charge is 0.170 e. The summed E-state index contributed by atoms with van der Waals surface area (Å²) in [6.45, 7) is 3.87. The predicted molar refractivity (Wildman–Crippen MR) is 81.4 cm³/mol. The Kier molecular flexibility index (Phi) is 3.97. The first-order valence-corrected chi connectivity index (χ1v) is 7.11. The molecule has 0 saturated carbocycles. The molecule has 0 radical (unpaired) electrons. The second kappa shape index (κ2) is 6.06. The van der Waals surface area contributed by atoms with Gasteiger partial charge in [-0.05, 0) is 36.7 Å². The Morgan fingerprint density at radius 3 is 2.95 bits per heavy atom. The largest absolute Gasteiger partial charge is 0.453 e. The maximum atomic E-state index is 13.7. The lowest BCUT2D eigenvalue weighted by Gasteiger charge is -2.04. The van der Waals surface area contributed by atoms with E-state index in [1.54, 1.807) is 12.3 Å². The van der Waals surface area contributed by atoms with E-state index in [2.05, 4.69) is 17.2 Å². The molecule has 108 valence electrons. The van der Waals surface area contributed by atoms with Gasteiger partial charge in [0.1, 0.15) is 5.76 Å². The van der Waals surface area contributed by atoms with E-state index in [1.165, 1.54) is 6.07 Å². The monoisotopic (exact) mass is 284 g/mol. The summed E-state index contributed by atoms with van der Waals surface area (Å²) in [5, 5.41) is 4.10. The van der Waals surface area contributed by atoms with E-state index in [1.807, 2.05) is 24.4 Å². The summed E-state index contributed by atoms with van der Waals surface area (Å²) in [6.07, 6.45) is 4.66. The second-order valence-corrected chi connectivity index (χ2v) is 5.03. The highest BCUT2D eigenvalue weighted by Crippen LogP contribution is 2.29. The van der Waals surface area contributed by atoms with E-state index in [4.69, 9.17) is 4.42 Å². The number of halogens is 1. The number of furan rings is 1. The van der Waals surface area contributed by atoms with Crippen LogP contribution in [0.15, 0.2) is 47.1 Å². The average Bonchev–Trinajstić information content (AvgIpc) is 2.94. The number of para-hydroxylation sites is 1. The molecule has 0 spiro atoms. The van der Waals surface area contributed by atoms with Gasteiger partial charge in [-0.2, -0.15) is 0 Å². The van der Waals surface area contributed by atoms with Gasteiger partial charge >= 0.3 is 0 Å². The number of hydrogen-bond acceptors (Lipinski definition) is 3. The summed E-state index contributed by atoms with van der Waals surface area (Å²) in [5.74, 6) is 0.299. The Balaban J connectivity index is 1.91. The molecule has 0 atom stereocenters. The first-order valence-electron chi connectivity index (χ1n) is 7.11. The van der Waals surface area contributed by atoms with Gasteiger partial charge in [-0.25, -0.2) is 4.39 Å². The molecule has 4 heteroatoms. The highest BCUT2D eigenvalue weighted by Gasteiger charge is 2.10. The van der Waals surface area contributed by atoms with Gasteiger partial charge in [-0.15, -0.1) is 0 Å². The minimum absolute atomic E-state index is 0.294. The average molecular weight is 284 g/mol. The summed E-state index contributed by atoms with van der Waals surface area (Å²) < 4.78 is 19.3. The van der Waals surface area contributed by atoms with Crippen molar-refractivity contribution in [1.29, 1.82) is 0 Å². The molecule has 0 aliphatic heterocycles. The van der Waals surface area contributed by atoms with E-state index < -0.39 is 0 Å². The third kappa shape index (κ3) is 2.95. The molecule has 3 nitrogen and oxygen atoms in total. The van der Waals surface area contributed by atoms with Crippen molar-refractivity contribution >= 4 is 11.0 Å². The highest BCUT2D eigenvalue weighted by atomic mass is 19.1. The zero-order valence-electron chi connectivity index (χ0n) is 11.9. The first kappa shape index (κ1) is 13.8. The molecule has 3 aromatic rings. The molecular formula is C17H17FN2O. The molecule has 1 aromatic carbocycles. The fraction of sp³-hybridized carbons (Fsp3) is 0.235. The molecule has 0 unspecified atom stereocenters. The third-order valence-corrected chi connectivity index (χ3v) is 3.33. The van der Waals surface area contributed by atoms with Gasteiger partial charge in [-0.1, -0.05) is 19.1 Å². The fourth-order valence-corrected chi connectivity index (χ4v) is 2.30. The minimum Gasteiger partial charge on any atom is -0.453 e. The summed E-state index contributed by atoms with van der Waals surface area (Å²) in [6, 6.07) is 8.79. The number of benzene rings is 1. The van der Waals surface area contributed by atoms with Crippen molar-refractivity contribution in [3.63, 3.8) is 0 Å². The quantitative estimate of drug-likeness (QED) is 0.716. The number of fused-ring (bicyclic) bond motifs is 1. The minimum atomic E-state index is -0.340. The molecule has 0 bridgehead atoms. The third-order valence-electron chi connectivity index (χ3n) is 3.33. The van der Waals surface area contributed by atoms with E-state index in [9.17, 15) is 4.39 Å². The van der Waals surface area contributed by atoms with Crippen molar-refractivity contribution in [2.24, 2.45) is 0 Å². The topological polar surface area (TPSA) is 38.1 Å². The molecule has 2 heterocycles. The normalized spacial score (nSPS) is 11.1. The number of nitrogens with zero attached hydrogens (tertiary/aromatic N) is 1. The molecule has 0 fully saturated rings. The van der Waals surface area contributed by atoms with Crippen LogP contribution in [0.1, 0.15) is 18.9 Å². The van der Waals surface area contributed by atoms with Crippen molar-refractivity contribution in [1.82, 2.24) is 10.3 Å². The van der Waals surface area contributed by atoms with Crippen LogP contribution in [0.25, 0.3) is 22.3 Å². The summed E-state index contributed by atoms with van der Waals surface area (Å²) in [5.41, 5.74) is 2.24. The molecule has 1 N–H and O–H groups in total. The van der Waals surface area contributed by atoms with Crippen LogP contribution in [0, 0.1) is 5.82 Å². The lowest BCUT2D eigenvalue weighted by molar-refractivity contribution is 0.568. The zero-order valence-corrected chi connectivity index (χ0v) is 11.9. The van der Waals surface area contributed by atoms with Crippen LogP contribution in [-0.4, -0.2) is 11.5 Å². The van der Waals surface area contributed by atoms with E-state index in [-0.39, 0.29) is 5.82 Å². The van der Waals surface area contributed by atoms with Crippen LogP contribution in [-0.2, 0) is 6.54 Å². The van der Waals surface area contributed by atoms with Crippen LogP contribution >= 0.6 is 0 Å². The molecule has 21 heavy (non-hydrogen) atoms. The number of hydrogen-bond donors (Lipinski definition) is 1. The van der Waals surface area contributed by atoms with Gasteiger partial charge in [0.25, 0.3) is 0 Å². The summed E-state index contributed by atoms with van der Waals surface area (Å²) >= 11 is 0. The Morgan fingerprint density at radius 1 is 1.24 bits per heavy atom. The number of aromatic nitrogens is 1. The fourth-order valence-electron chi connectivity index (χ4n) is 2.30. The molecular weight excluding hydrogens is 267 g/mol. The highest BCUT2D eigenvalue weighted by molar-refractivity contribution is 5.83. The summed E-state index contributed by atoms with van der Waals surface area (Å²) in [7, 11) is 0. The van der Waals surface area contributed by atoms with Crippen LogP contribution < -0.4 is 5.32 Å². The maximum Gasteiger partial charge on any atom is 0.170 e. The predicted octanol–water partition coefficient (Wildman–Crippen LogP) is 4.13. The Hall–Kier alpha value is -2.20. The molecule has 0 aliphatic carbocycles. The maximum absolute atomic E-state index is 13.7. The lowest BCUT2D eigenvalue weighted by Crippen LogP contribution is -2.13. The van der Waals surface area contributed by atoms with Crippen LogP contribution in [0.4, 0.5) is 4.39 Å². The lowest BCUT2D eigenvalue weighted by atomic mass is 10.1. The van der Waals surface area contributed by atoms with Crippen molar-refractivity contribution in [3.05, 3.63) is 54.1 Å². The van der Waals surface area contributed by atoms with Crippen molar-refractivity contribution < 1.29 is 8.81 Å². The van der Waals surface area contributed by atoms with Gasteiger partial charge in [0, 0.05) is 29.9 Å². The van der Waals surface area contributed by atoms with Crippen LogP contribution in [0.5, 0.6) is 0 Å². The number of pyridine rings is 1. The van der Waals surface area contributed by atoms with Gasteiger partial charge < -0.3 is 9.73 Å². The van der Waals surface area contributed by atoms with Crippen LogP contribution in [0.3, 0.4) is 0 Å². The Bertz CT molecular complexity index is 751. The Morgan fingerprint density at radius 2 is 2.14 bits per heavy atom. The SMILES string of the molecule is CCCNCc1cncc(-c2cc3cccc(F)c3o2)c1.